The van der Waals surface area contributed by atoms with Crippen LogP contribution in [0.3, 0.4) is 0 Å². The van der Waals surface area contributed by atoms with Gasteiger partial charge in [0.1, 0.15) is 6.33 Å². The molecule has 2 N–H and O–H groups in total. The van der Waals surface area contributed by atoms with Gasteiger partial charge in [0, 0.05) is 10.7 Å². The predicted molar refractivity (Wildman–Crippen MR) is 51.3 cm³/mol. The minimum Gasteiger partial charge on any atom is -0.368 e. The Balaban J connectivity index is 2.47. The van der Waals surface area contributed by atoms with Crippen molar-refractivity contribution in [3.8, 4) is 5.82 Å². The van der Waals surface area contributed by atoms with Crippen LogP contribution < -0.4 is 5.73 Å². The summed E-state index contributed by atoms with van der Waals surface area (Å²) in [5, 5.41) is 3.92. The summed E-state index contributed by atoms with van der Waals surface area (Å²) in [5.74, 6) is 0.980. The van der Waals surface area contributed by atoms with Crippen molar-refractivity contribution in [2.45, 2.75) is 0 Å². The molecule has 0 atom stereocenters. The van der Waals surface area contributed by atoms with E-state index >= 15 is 0 Å². The number of halogens is 1. The van der Waals surface area contributed by atoms with E-state index in [0.717, 1.165) is 4.47 Å². The summed E-state index contributed by atoms with van der Waals surface area (Å²) in [4.78, 5) is 7.91. The molecule has 0 unspecified atom stereocenters. The Morgan fingerprint density at radius 2 is 2.15 bits per heavy atom. The van der Waals surface area contributed by atoms with Gasteiger partial charge in [0.05, 0.1) is 0 Å². The number of anilines is 1. The lowest BCUT2D eigenvalue weighted by atomic mass is 10.5. The molecule has 2 aromatic heterocycles. The smallest absolute Gasteiger partial charge is 0.224 e. The number of nitrogens with two attached hydrogens (primary N) is 1. The van der Waals surface area contributed by atoms with E-state index in [1.165, 1.54) is 11.0 Å². The molecule has 0 amide bonds. The normalized spacial score (nSPS) is 10.2. The van der Waals surface area contributed by atoms with Crippen molar-refractivity contribution in [1.82, 2.24) is 19.7 Å². The molecule has 0 saturated heterocycles. The van der Waals surface area contributed by atoms with Crippen molar-refractivity contribution < 1.29 is 0 Å². The second kappa shape index (κ2) is 3.14. The molecule has 6 heteroatoms. The minimum atomic E-state index is 0.329. The predicted octanol–water partition coefficient (Wildman–Crippen LogP) is 1.01. The minimum absolute atomic E-state index is 0.329. The molecule has 0 fully saturated rings. The Hall–Kier alpha value is -1.43. The van der Waals surface area contributed by atoms with Crippen LogP contribution in [0.5, 0.6) is 0 Å². The maximum Gasteiger partial charge on any atom is 0.224 e. The molecular formula is C7H6BrN5. The van der Waals surface area contributed by atoms with Crippen molar-refractivity contribution in [1.29, 1.82) is 0 Å². The second-order valence-corrected chi connectivity index (χ2v) is 3.28. The number of pyridine rings is 1. The number of rotatable bonds is 1. The van der Waals surface area contributed by atoms with E-state index in [1.807, 2.05) is 6.07 Å². The van der Waals surface area contributed by atoms with Crippen LogP contribution in [0.4, 0.5) is 5.95 Å². The molecule has 0 spiro atoms. The van der Waals surface area contributed by atoms with Crippen LogP contribution in [0, 0.1) is 0 Å². The monoisotopic (exact) mass is 239 g/mol. The molecule has 0 saturated carbocycles. The highest BCUT2D eigenvalue weighted by Crippen LogP contribution is 2.11. The first-order valence-corrected chi connectivity index (χ1v) is 4.34. The Labute approximate surface area is 82.7 Å². The molecule has 0 bridgehead atoms. The maximum absolute atomic E-state index is 5.55. The first kappa shape index (κ1) is 8.18. The summed E-state index contributed by atoms with van der Waals surface area (Å²) < 4.78 is 2.38. The van der Waals surface area contributed by atoms with Crippen LogP contribution in [0.1, 0.15) is 0 Å². The first-order chi connectivity index (χ1) is 6.27. The van der Waals surface area contributed by atoms with Gasteiger partial charge >= 0.3 is 0 Å². The van der Waals surface area contributed by atoms with Gasteiger partial charge in [-0.1, -0.05) is 0 Å². The van der Waals surface area contributed by atoms with Gasteiger partial charge in [0.2, 0.25) is 5.95 Å². The van der Waals surface area contributed by atoms with Crippen molar-refractivity contribution >= 4 is 21.9 Å². The lowest BCUT2D eigenvalue weighted by Crippen LogP contribution is -2.03. The molecular weight excluding hydrogens is 234 g/mol. The lowest BCUT2D eigenvalue weighted by Gasteiger charge is -2.00. The standard InChI is InChI=1S/C7H6BrN5/c8-5-1-2-6(10-3-5)13-7(9)11-4-12-13/h1-4H,(H2,9,11,12). The summed E-state index contributed by atoms with van der Waals surface area (Å²) in [6.45, 7) is 0. The number of nitrogen functional groups attached to an aromatic ring is 1. The third-order valence-corrected chi connectivity index (χ3v) is 1.97. The van der Waals surface area contributed by atoms with E-state index in [4.69, 9.17) is 5.73 Å². The van der Waals surface area contributed by atoms with Crippen molar-refractivity contribution in [2.24, 2.45) is 0 Å². The number of aromatic nitrogens is 4. The Morgan fingerprint density at radius 1 is 1.31 bits per heavy atom. The SMILES string of the molecule is Nc1ncnn1-c1ccc(Br)cn1. The van der Waals surface area contributed by atoms with E-state index in [-0.39, 0.29) is 0 Å². The number of nitrogens with zero attached hydrogens (tertiary/aromatic N) is 4. The highest BCUT2D eigenvalue weighted by molar-refractivity contribution is 9.10. The molecule has 0 aliphatic heterocycles. The summed E-state index contributed by atoms with van der Waals surface area (Å²) in [6, 6.07) is 3.67. The molecule has 2 rings (SSSR count). The molecule has 13 heavy (non-hydrogen) atoms. The lowest BCUT2D eigenvalue weighted by molar-refractivity contribution is 0.855. The average Bonchev–Trinajstić information content (AvgIpc) is 2.53. The van der Waals surface area contributed by atoms with Crippen LogP contribution in [-0.2, 0) is 0 Å². The van der Waals surface area contributed by atoms with Crippen LogP contribution in [0.25, 0.3) is 5.82 Å². The van der Waals surface area contributed by atoms with Crippen LogP contribution in [-0.4, -0.2) is 19.7 Å². The van der Waals surface area contributed by atoms with Gasteiger partial charge in [0.15, 0.2) is 5.82 Å². The summed E-state index contributed by atoms with van der Waals surface area (Å²) in [6.07, 6.45) is 3.06. The van der Waals surface area contributed by atoms with Crippen molar-refractivity contribution in [3.05, 3.63) is 29.1 Å². The zero-order chi connectivity index (χ0) is 9.26. The van der Waals surface area contributed by atoms with E-state index in [1.54, 1.807) is 12.3 Å². The zero-order valence-corrected chi connectivity index (χ0v) is 8.14. The van der Waals surface area contributed by atoms with Gasteiger partial charge in [-0.15, -0.1) is 0 Å². The largest absolute Gasteiger partial charge is 0.368 e. The van der Waals surface area contributed by atoms with Gasteiger partial charge in [-0.25, -0.2) is 4.98 Å². The van der Waals surface area contributed by atoms with Gasteiger partial charge in [-0.3, -0.25) is 0 Å². The van der Waals surface area contributed by atoms with Gasteiger partial charge in [-0.05, 0) is 28.1 Å². The number of hydrogen-bond donors (Lipinski definition) is 1. The molecule has 2 heterocycles. The third kappa shape index (κ3) is 1.52. The fraction of sp³-hybridized carbons (Fsp3) is 0. The van der Waals surface area contributed by atoms with E-state index in [0.29, 0.717) is 11.8 Å². The van der Waals surface area contributed by atoms with E-state index in [2.05, 4.69) is 31.0 Å². The molecule has 5 nitrogen and oxygen atoms in total. The topological polar surface area (TPSA) is 69.6 Å². The quantitative estimate of drug-likeness (QED) is 0.807. The van der Waals surface area contributed by atoms with Gasteiger partial charge < -0.3 is 5.73 Å². The van der Waals surface area contributed by atoms with Gasteiger partial charge in [-0.2, -0.15) is 14.8 Å². The fourth-order valence-electron chi connectivity index (χ4n) is 0.920. The second-order valence-electron chi connectivity index (χ2n) is 2.36. The first-order valence-electron chi connectivity index (χ1n) is 3.55. The van der Waals surface area contributed by atoms with Gasteiger partial charge in [0.25, 0.3) is 0 Å². The van der Waals surface area contributed by atoms with Crippen LogP contribution in [0.2, 0.25) is 0 Å². The van der Waals surface area contributed by atoms with Crippen LogP contribution >= 0.6 is 15.9 Å². The maximum atomic E-state index is 5.55. The highest BCUT2D eigenvalue weighted by atomic mass is 79.9. The molecule has 0 radical (unpaired) electrons. The van der Waals surface area contributed by atoms with Crippen molar-refractivity contribution in [3.63, 3.8) is 0 Å². The van der Waals surface area contributed by atoms with Crippen LogP contribution in [0.15, 0.2) is 29.1 Å². The van der Waals surface area contributed by atoms with E-state index in [9.17, 15) is 0 Å². The average molecular weight is 240 g/mol. The molecule has 66 valence electrons. The summed E-state index contributed by atoms with van der Waals surface area (Å²) >= 11 is 3.29. The van der Waals surface area contributed by atoms with E-state index < -0.39 is 0 Å². The summed E-state index contributed by atoms with van der Waals surface area (Å²) in [7, 11) is 0. The number of hydrogen-bond acceptors (Lipinski definition) is 4. The Morgan fingerprint density at radius 3 is 2.69 bits per heavy atom. The highest BCUT2D eigenvalue weighted by Gasteiger charge is 2.02. The summed E-state index contributed by atoms with van der Waals surface area (Å²) in [5.41, 5.74) is 5.55. The third-order valence-electron chi connectivity index (χ3n) is 1.50. The molecule has 0 aromatic carbocycles. The molecule has 0 aliphatic carbocycles. The Bertz CT molecular complexity index is 407. The molecule has 0 aliphatic rings. The van der Waals surface area contributed by atoms with Crippen molar-refractivity contribution in [2.75, 3.05) is 5.73 Å². The zero-order valence-electron chi connectivity index (χ0n) is 6.55. The molecule has 2 aromatic rings. The Kier molecular flexibility index (Phi) is 1.97. The fourth-order valence-corrected chi connectivity index (χ4v) is 1.15.